The number of carbonyl (C=O) groups excluding carboxylic acids is 2. The summed E-state index contributed by atoms with van der Waals surface area (Å²) in [6, 6.07) is 13.4. The van der Waals surface area contributed by atoms with Crippen molar-refractivity contribution in [3.63, 3.8) is 0 Å². The van der Waals surface area contributed by atoms with Gasteiger partial charge in [-0.1, -0.05) is 24.3 Å². The molecule has 3 rings (SSSR count). The molecule has 0 radical (unpaired) electrons. The smallest absolute Gasteiger partial charge is 0.225 e. The van der Waals surface area contributed by atoms with Crippen LogP contribution >= 0.6 is 11.3 Å². The number of nitrogens with zero attached hydrogens (tertiary/aromatic N) is 1. The van der Waals surface area contributed by atoms with Crippen molar-refractivity contribution in [3.8, 4) is 0 Å². The number of hydrogen-bond acceptors (Lipinski definition) is 4. The molecule has 25 heavy (non-hydrogen) atoms. The Morgan fingerprint density at radius 3 is 2.76 bits per heavy atom. The third-order valence-corrected chi connectivity index (χ3v) is 4.60. The lowest BCUT2D eigenvalue weighted by Crippen LogP contribution is -2.26. The summed E-state index contributed by atoms with van der Waals surface area (Å²) < 4.78 is 0. The van der Waals surface area contributed by atoms with Gasteiger partial charge in [-0.05, 0) is 30.0 Å². The van der Waals surface area contributed by atoms with Gasteiger partial charge in [0.2, 0.25) is 11.8 Å². The molecule has 0 aliphatic rings. The van der Waals surface area contributed by atoms with Crippen LogP contribution in [0.15, 0.2) is 54.0 Å². The fourth-order valence-electron chi connectivity index (χ4n) is 2.53. The molecule has 128 valence electrons. The van der Waals surface area contributed by atoms with Gasteiger partial charge in [-0.15, -0.1) is 11.3 Å². The minimum Gasteiger partial charge on any atom is -0.356 e. The maximum absolute atomic E-state index is 12.1. The quantitative estimate of drug-likeness (QED) is 0.640. The molecule has 0 atom stereocenters. The van der Waals surface area contributed by atoms with Crippen molar-refractivity contribution >= 4 is 39.7 Å². The number of fused-ring (bicyclic) bond motifs is 1. The molecule has 6 heteroatoms. The van der Waals surface area contributed by atoms with Crippen molar-refractivity contribution in [1.82, 2.24) is 10.3 Å². The first kappa shape index (κ1) is 17.1. The largest absolute Gasteiger partial charge is 0.356 e. The Bertz CT molecular complexity index is 857. The average Bonchev–Trinajstić information content (AvgIpc) is 3.12. The first-order chi connectivity index (χ1) is 12.2. The molecule has 5 nitrogen and oxygen atoms in total. The Balaban J connectivity index is 1.43. The SMILES string of the molecule is O=C(Cc1cccs1)NCCCC(=O)Nc1cccc2cccnc12. The molecule has 0 saturated carbocycles. The summed E-state index contributed by atoms with van der Waals surface area (Å²) in [6.07, 6.45) is 3.05. The van der Waals surface area contributed by atoms with E-state index in [-0.39, 0.29) is 11.8 Å². The van der Waals surface area contributed by atoms with Crippen LogP contribution in [0.25, 0.3) is 10.9 Å². The van der Waals surface area contributed by atoms with Gasteiger partial charge in [0.25, 0.3) is 0 Å². The van der Waals surface area contributed by atoms with Crippen LogP contribution < -0.4 is 10.6 Å². The Labute approximate surface area is 150 Å². The molecular weight excluding hydrogens is 334 g/mol. The predicted molar refractivity (Wildman–Crippen MR) is 101 cm³/mol. The van der Waals surface area contributed by atoms with Crippen LogP contribution in [-0.2, 0) is 16.0 Å². The monoisotopic (exact) mass is 353 g/mol. The van der Waals surface area contributed by atoms with Gasteiger partial charge in [-0.25, -0.2) is 0 Å². The Hall–Kier alpha value is -2.73. The van der Waals surface area contributed by atoms with Crippen LogP contribution in [0.3, 0.4) is 0 Å². The summed E-state index contributed by atoms with van der Waals surface area (Å²) in [5.41, 5.74) is 1.49. The zero-order valence-corrected chi connectivity index (χ0v) is 14.5. The Morgan fingerprint density at radius 1 is 1.04 bits per heavy atom. The maximum atomic E-state index is 12.1. The highest BCUT2D eigenvalue weighted by Gasteiger charge is 2.07. The lowest BCUT2D eigenvalue weighted by Gasteiger charge is -2.08. The summed E-state index contributed by atoms with van der Waals surface area (Å²) >= 11 is 1.57. The Kier molecular flexibility index (Phi) is 5.74. The second kappa shape index (κ2) is 8.39. The fraction of sp³-hybridized carbons (Fsp3) is 0.211. The number of pyridine rings is 1. The second-order valence-electron chi connectivity index (χ2n) is 5.64. The summed E-state index contributed by atoms with van der Waals surface area (Å²) in [6.45, 7) is 0.491. The lowest BCUT2D eigenvalue weighted by molar-refractivity contribution is -0.121. The van der Waals surface area contributed by atoms with E-state index in [1.54, 1.807) is 17.5 Å². The molecule has 0 aliphatic carbocycles. The van der Waals surface area contributed by atoms with E-state index in [4.69, 9.17) is 0 Å². The molecule has 0 saturated heterocycles. The highest BCUT2D eigenvalue weighted by molar-refractivity contribution is 7.10. The summed E-state index contributed by atoms with van der Waals surface area (Å²) in [7, 11) is 0. The van der Waals surface area contributed by atoms with Crippen molar-refractivity contribution in [3.05, 3.63) is 58.9 Å². The number of para-hydroxylation sites is 1. The van der Waals surface area contributed by atoms with E-state index in [1.807, 2.05) is 47.8 Å². The minimum absolute atomic E-state index is 0.0129. The molecule has 2 aromatic heterocycles. The Morgan fingerprint density at radius 2 is 1.92 bits per heavy atom. The summed E-state index contributed by atoms with van der Waals surface area (Å²) in [5.74, 6) is -0.0910. The molecule has 0 bridgehead atoms. The first-order valence-electron chi connectivity index (χ1n) is 8.15. The molecule has 2 N–H and O–H groups in total. The van der Waals surface area contributed by atoms with Crippen LogP contribution in [0.5, 0.6) is 0 Å². The zero-order chi connectivity index (χ0) is 17.5. The number of rotatable bonds is 7. The van der Waals surface area contributed by atoms with Gasteiger partial charge in [0.15, 0.2) is 0 Å². The second-order valence-corrected chi connectivity index (χ2v) is 6.67. The van der Waals surface area contributed by atoms with Gasteiger partial charge in [0.05, 0.1) is 17.6 Å². The van der Waals surface area contributed by atoms with Crippen LogP contribution in [0, 0.1) is 0 Å². The molecule has 0 spiro atoms. The van der Waals surface area contributed by atoms with E-state index in [1.165, 1.54) is 0 Å². The van der Waals surface area contributed by atoms with Crippen molar-refractivity contribution in [2.45, 2.75) is 19.3 Å². The van der Waals surface area contributed by atoms with Gasteiger partial charge in [-0.2, -0.15) is 0 Å². The number of nitrogens with one attached hydrogen (secondary N) is 2. The van der Waals surface area contributed by atoms with E-state index in [9.17, 15) is 9.59 Å². The maximum Gasteiger partial charge on any atom is 0.225 e. The molecule has 0 aliphatic heterocycles. The molecule has 3 aromatic rings. The third kappa shape index (κ3) is 4.87. The van der Waals surface area contributed by atoms with E-state index in [2.05, 4.69) is 15.6 Å². The van der Waals surface area contributed by atoms with Crippen molar-refractivity contribution in [2.24, 2.45) is 0 Å². The van der Waals surface area contributed by atoms with Crippen molar-refractivity contribution in [2.75, 3.05) is 11.9 Å². The number of aromatic nitrogens is 1. The molecular formula is C19H19N3O2S. The van der Waals surface area contributed by atoms with Crippen LogP contribution in [0.4, 0.5) is 5.69 Å². The molecule has 0 fully saturated rings. The summed E-state index contributed by atoms with van der Waals surface area (Å²) in [4.78, 5) is 29.2. The van der Waals surface area contributed by atoms with Gasteiger partial charge >= 0.3 is 0 Å². The molecule has 2 heterocycles. The number of benzene rings is 1. The van der Waals surface area contributed by atoms with E-state index >= 15 is 0 Å². The zero-order valence-electron chi connectivity index (χ0n) is 13.7. The van der Waals surface area contributed by atoms with Crippen LogP contribution in [0.1, 0.15) is 17.7 Å². The van der Waals surface area contributed by atoms with E-state index in [0.29, 0.717) is 31.5 Å². The minimum atomic E-state index is -0.0781. The van der Waals surface area contributed by atoms with Gasteiger partial charge in [-0.3, -0.25) is 14.6 Å². The van der Waals surface area contributed by atoms with Crippen molar-refractivity contribution < 1.29 is 9.59 Å². The number of anilines is 1. The number of carbonyl (C=O) groups is 2. The van der Waals surface area contributed by atoms with E-state index in [0.717, 1.165) is 15.8 Å². The van der Waals surface area contributed by atoms with E-state index < -0.39 is 0 Å². The molecule has 1 aromatic carbocycles. The molecule has 0 unspecified atom stereocenters. The standard InChI is InChI=1S/C19H19N3O2S/c23-17(9-3-10-20-18(24)13-15-7-4-12-25-15)22-16-8-1-5-14-6-2-11-21-19(14)16/h1-2,4-8,11-12H,3,9-10,13H2,(H,20,24)(H,22,23). The van der Waals surface area contributed by atoms with Crippen LogP contribution in [-0.4, -0.2) is 23.3 Å². The molecule has 2 amide bonds. The third-order valence-electron chi connectivity index (χ3n) is 3.72. The topological polar surface area (TPSA) is 71.1 Å². The average molecular weight is 353 g/mol. The van der Waals surface area contributed by atoms with Crippen molar-refractivity contribution in [1.29, 1.82) is 0 Å². The first-order valence-corrected chi connectivity index (χ1v) is 9.03. The lowest BCUT2D eigenvalue weighted by atomic mass is 10.2. The highest BCUT2D eigenvalue weighted by Crippen LogP contribution is 2.20. The summed E-state index contributed by atoms with van der Waals surface area (Å²) in [5, 5.41) is 8.68. The van der Waals surface area contributed by atoms with Crippen LogP contribution in [0.2, 0.25) is 0 Å². The van der Waals surface area contributed by atoms with Gasteiger partial charge < -0.3 is 10.6 Å². The number of thiophene rings is 1. The fourth-order valence-corrected chi connectivity index (χ4v) is 3.23. The number of hydrogen-bond donors (Lipinski definition) is 2. The highest BCUT2D eigenvalue weighted by atomic mass is 32.1. The normalized spacial score (nSPS) is 10.6. The number of amides is 2. The van der Waals surface area contributed by atoms with Gasteiger partial charge in [0.1, 0.15) is 0 Å². The van der Waals surface area contributed by atoms with Gasteiger partial charge in [0, 0.05) is 29.4 Å². The predicted octanol–water partition coefficient (Wildman–Crippen LogP) is 3.37.